The summed E-state index contributed by atoms with van der Waals surface area (Å²) in [7, 11) is 2.60. The zero-order valence-electron chi connectivity index (χ0n) is 28.0. The molecule has 0 aromatic carbocycles. The molecule has 0 bridgehead atoms. The standard InChI is InChI=1S/C36H42N4O7/c1-9-20-16(3)27(15-41)37-26(20)14-25-19(6)29-33(39-25)30(31(34(29)43)36(45)47-8)32-22(11-12-28(42)46-7)18(5)23(38-32)13-24-17(4)21(10-2)35(44)40-24/h10,15,24,30-31,37-39H,2,9,11-14H2,1,3-8H3,(H,40,44)/t24?,30-,31+/m1/s1. The number of ketones is 1. The number of carbonyl (C=O) groups is 5. The highest BCUT2D eigenvalue weighted by Crippen LogP contribution is 2.47. The molecule has 3 aromatic rings. The van der Waals surface area contributed by atoms with Gasteiger partial charge < -0.3 is 29.7 Å². The molecule has 0 saturated carbocycles. The lowest BCUT2D eigenvalue weighted by Gasteiger charge is -2.19. The van der Waals surface area contributed by atoms with Crippen LogP contribution >= 0.6 is 0 Å². The average Bonchev–Trinajstić information content (AvgIpc) is 3.79. The molecule has 4 N–H and O–H groups in total. The second-order valence-electron chi connectivity index (χ2n) is 12.4. The van der Waals surface area contributed by atoms with E-state index in [1.807, 2.05) is 34.6 Å². The molecule has 248 valence electrons. The quantitative estimate of drug-likeness (QED) is 0.130. The van der Waals surface area contributed by atoms with Gasteiger partial charge in [-0.25, -0.2) is 0 Å². The van der Waals surface area contributed by atoms with Gasteiger partial charge in [-0.3, -0.25) is 24.0 Å². The summed E-state index contributed by atoms with van der Waals surface area (Å²) in [6, 6.07) is -0.279. The van der Waals surface area contributed by atoms with Gasteiger partial charge in [-0.15, -0.1) is 0 Å². The van der Waals surface area contributed by atoms with Crippen LogP contribution in [0.4, 0.5) is 0 Å². The minimum atomic E-state index is -1.14. The second kappa shape index (κ2) is 13.1. The maximum atomic E-state index is 14.1. The van der Waals surface area contributed by atoms with Crippen LogP contribution in [-0.2, 0) is 49.5 Å². The van der Waals surface area contributed by atoms with E-state index in [1.165, 1.54) is 14.2 Å². The van der Waals surface area contributed by atoms with Crippen molar-refractivity contribution >= 4 is 29.9 Å². The third kappa shape index (κ3) is 5.57. The van der Waals surface area contributed by atoms with Crippen molar-refractivity contribution in [3.63, 3.8) is 0 Å². The van der Waals surface area contributed by atoms with Crippen molar-refractivity contribution in [3.05, 3.63) is 91.3 Å². The predicted octanol–water partition coefficient (Wildman–Crippen LogP) is 4.33. The number of rotatable bonds is 12. The first kappa shape index (κ1) is 33.4. The molecular formula is C36H42N4O7. The highest BCUT2D eigenvalue weighted by Gasteiger charge is 2.50. The lowest BCUT2D eigenvalue weighted by molar-refractivity contribution is -0.144. The van der Waals surface area contributed by atoms with E-state index in [2.05, 4.69) is 26.8 Å². The van der Waals surface area contributed by atoms with Gasteiger partial charge in [0, 0.05) is 58.9 Å². The van der Waals surface area contributed by atoms with Crippen LogP contribution in [0.1, 0.15) is 103 Å². The van der Waals surface area contributed by atoms with E-state index in [-0.39, 0.29) is 30.1 Å². The van der Waals surface area contributed by atoms with E-state index in [9.17, 15) is 24.0 Å². The Morgan fingerprint density at radius 1 is 0.894 bits per heavy atom. The van der Waals surface area contributed by atoms with E-state index < -0.39 is 17.8 Å². The van der Waals surface area contributed by atoms with Crippen molar-refractivity contribution in [1.29, 1.82) is 0 Å². The Labute approximate surface area is 273 Å². The third-order valence-electron chi connectivity index (χ3n) is 10.1. The third-order valence-corrected chi connectivity index (χ3v) is 10.1. The molecule has 5 rings (SSSR count). The molecule has 3 atom stereocenters. The number of nitrogens with one attached hydrogen (secondary N) is 4. The highest BCUT2D eigenvalue weighted by molar-refractivity contribution is 6.14. The van der Waals surface area contributed by atoms with Crippen LogP contribution in [0.2, 0.25) is 0 Å². The number of hydrogen-bond donors (Lipinski definition) is 4. The largest absolute Gasteiger partial charge is 0.469 e. The summed E-state index contributed by atoms with van der Waals surface area (Å²) >= 11 is 0. The van der Waals surface area contributed by atoms with Gasteiger partial charge in [-0.1, -0.05) is 19.6 Å². The van der Waals surface area contributed by atoms with Gasteiger partial charge in [0.15, 0.2) is 12.1 Å². The number of hydrogen-bond acceptors (Lipinski definition) is 7. The number of methoxy groups -OCH3 is 2. The molecule has 3 aromatic heterocycles. The Hall–Kier alpha value is -4.93. The summed E-state index contributed by atoms with van der Waals surface area (Å²) in [5.41, 5.74) is 10.5. The highest BCUT2D eigenvalue weighted by atomic mass is 16.5. The van der Waals surface area contributed by atoms with E-state index >= 15 is 0 Å². The maximum Gasteiger partial charge on any atom is 0.317 e. The van der Waals surface area contributed by atoms with Gasteiger partial charge in [-0.05, 0) is 73.9 Å². The molecule has 0 spiro atoms. The second-order valence-corrected chi connectivity index (χ2v) is 12.4. The number of aromatic amines is 3. The number of aromatic nitrogens is 3. The molecular weight excluding hydrogens is 600 g/mol. The van der Waals surface area contributed by atoms with E-state index in [0.29, 0.717) is 47.5 Å². The first-order valence-corrected chi connectivity index (χ1v) is 15.8. The molecule has 11 heteroatoms. The fourth-order valence-corrected chi connectivity index (χ4v) is 7.41. The number of fused-ring (bicyclic) bond motifs is 1. The molecule has 2 aliphatic rings. The Balaban J connectivity index is 1.64. The van der Waals surface area contributed by atoms with Crippen LogP contribution in [0.5, 0.6) is 0 Å². The van der Waals surface area contributed by atoms with Gasteiger partial charge in [0.05, 0.1) is 31.9 Å². The molecule has 1 unspecified atom stereocenters. The molecule has 1 aliphatic heterocycles. The first-order chi connectivity index (χ1) is 22.4. The van der Waals surface area contributed by atoms with Crippen LogP contribution in [-0.4, -0.2) is 65.1 Å². The minimum Gasteiger partial charge on any atom is -0.469 e. The van der Waals surface area contributed by atoms with E-state index in [4.69, 9.17) is 9.47 Å². The summed E-state index contributed by atoms with van der Waals surface area (Å²) in [5, 5.41) is 3.01. The number of aldehydes is 1. The molecule has 0 fully saturated rings. The number of amides is 1. The number of esters is 2. The van der Waals surface area contributed by atoms with Gasteiger partial charge in [0.25, 0.3) is 5.91 Å². The summed E-state index contributed by atoms with van der Waals surface area (Å²) in [4.78, 5) is 74.2. The molecule has 47 heavy (non-hydrogen) atoms. The first-order valence-electron chi connectivity index (χ1n) is 15.8. The number of carbonyl (C=O) groups excluding carboxylic acids is 5. The Morgan fingerprint density at radius 2 is 1.60 bits per heavy atom. The van der Waals surface area contributed by atoms with Crippen LogP contribution < -0.4 is 5.32 Å². The molecule has 0 saturated heterocycles. The summed E-state index contributed by atoms with van der Waals surface area (Å²) in [6.07, 6.45) is 4.37. The van der Waals surface area contributed by atoms with Gasteiger partial charge in [0.1, 0.15) is 5.92 Å². The summed E-state index contributed by atoms with van der Waals surface area (Å²) in [6.45, 7) is 13.4. The average molecular weight is 643 g/mol. The van der Waals surface area contributed by atoms with Crippen LogP contribution in [0.25, 0.3) is 0 Å². The summed E-state index contributed by atoms with van der Waals surface area (Å²) in [5.74, 6) is -3.44. The fourth-order valence-electron chi connectivity index (χ4n) is 7.41. The minimum absolute atomic E-state index is 0.0950. The Bertz CT molecular complexity index is 1850. The molecule has 1 amide bonds. The SMILES string of the molecule is C=CC1=C(C)C(Cc2[nH]c([C@@H]3c4[nH]c(Cc5[nH]c(C=O)c(C)c5CC)c(C)c4C(=O)[C@H]3C(=O)OC)c(CCC(=O)OC)c2C)NC1=O. The van der Waals surface area contributed by atoms with Crippen molar-refractivity contribution in [2.24, 2.45) is 5.92 Å². The van der Waals surface area contributed by atoms with Crippen molar-refractivity contribution in [2.45, 2.75) is 78.7 Å². The number of Topliss-reactive ketones (excluding diaryl/α,β-unsaturated/α-hetero) is 1. The summed E-state index contributed by atoms with van der Waals surface area (Å²) < 4.78 is 10.1. The van der Waals surface area contributed by atoms with Crippen LogP contribution in [0, 0.1) is 26.7 Å². The Morgan fingerprint density at radius 3 is 2.19 bits per heavy atom. The molecule has 0 radical (unpaired) electrons. The van der Waals surface area contributed by atoms with E-state index in [0.717, 1.165) is 63.2 Å². The van der Waals surface area contributed by atoms with Crippen molar-refractivity contribution in [2.75, 3.05) is 14.2 Å². The van der Waals surface area contributed by atoms with Crippen LogP contribution in [0.3, 0.4) is 0 Å². The van der Waals surface area contributed by atoms with Crippen molar-refractivity contribution < 1.29 is 33.4 Å². The van der Waals surface area contributed by atoms with Gasteiger partial charge >= 0.3 is 11.9 Å². The number of ether oxygens (including phenoxy) is 2. The van der Waals surface area contributed by atoms with Crippen molar-refractivity contribution in [3.8, 4) is 0 Å². The smallest absolute Gasteiger partial charge is 0.317 e. The van der Waals surface area contributed by atoms with Crippen molar-refractivity contribution in [1.82, 2.24) is 20.3 Å². The topological polar surface area (TPSA) is 163 Å². The zero-order valence-corrected chi connectivity index (χ0v) is 28.0. The van der Waals surface area contributed by atoms with E-state index in [1.54, 1.807) is 6.08 Å². The molecule has 1 aliphatic carbocycles. The monoisotopic (exact) mass is 642 g/mol. The zero-order chi connectivity index (χ0) is 34.3. The number of H-pyrrole nitrogens is 3. The lowest BCUT2D eigenvalue weighted by atomic mass is 9.87. The maximum absolute atomic E-state index is 14.1. The Kier molecular flexibility index (Phi) is 9.29. The molecule has 11 nitrogen and oxygen atoms in total. The normalized spacial score (nSPS) is 18.8. The fraction of sp³-hybridized carbons (Fsp3) is 0.417. The molecule has 4 heterocycles. The predicted molar refractivity (Wildman–Crippen MR) is 175 cm³/mol. The lowest BCUT2D eigenvalue weighted by Crippen LogP contribution is -2.30. The van der Waals surface area contributed by atoms with Gasteiger partial charge in [-0.2, -0.15) is 0 Å². The van der Waals surface area contributed by atoms with Crippen LogP contribution in [0.15, 0.2) is 23.8 Å². The van der Waals surface area contributed by atoms with Gasteiger partial charge in [0.2, 0.25) is 0 Å².